The predicted octanol–water partition coefficient (Wildman–Crippen LogP) is 2.07. The highest BCUT2D eigenvalue weighted by atomic mass is 32.2. The zero-order chi connectivity index (χ0) is 21.8. The fourth-order valence-electron chi connectivity index (χ4n) is 4.03. The van der Waals surface area contributed by atoms with Crippen molar-refractivity contribution >= 4 is 32.4 Å². The third kappa shape index (κ3) is 3.26. The number of rotatable bonds is 5. The topological polar surface area (TPSA) is 110 Å². The maximum atomic E-state index is 13.1. The minimum atomic E-state index is -3.28. The summed E-state index contributed by atoms with van der Waals surface area (Å²) in [6.07, 6.45) is 4.24. The van der Waals surface area contributed by atoms with Crippen molar-refractivity contribution in [2.75, 3.05) is 18.2 Å². The molecule has 3 aromatic rings. The number of carbonyl (C=O) groups is 1. The van der Waals surface area contributed by atoms with E-state index in [-0.39, 0.29) is 23.4 Å². The van der Waals surface area contributed by atoms with Crippen molar-refractivity contribution in [3.8, 4) is 11.1 Å². The number of halogens is 1. The van der Waals surface area contributed by atoms with Gasteiger partial charge in [0.05, 0.1) is 12.3 Å². The molecule has 1 atom stereocenters. The number of pyridine rings is 1. The second-order valence-electron chi connectivity index (χ2n) is 7.51. The van der Waals surface area contributed by atoms with E-state index < -0.39 is 28.5 Å². The molecule has 2 aromatic heterocycles. The summed E-state index contributed by atoms with van der Waals surface area (Å²) >= 11 is 0. The summed E-state index contributed by atoms with van der Waals surface area (Å²) in [5, 5.41) is 13.2. The van der Waals surface area contributed by atoms with Crippen LogP contribution in [-0.2, 0) is 34.0 Å². The molecule has 1 aliphatic heterocycles. The van der Waals surface area contributed by atoms with Gasteiger partial charge < -0.3 is 19.6 Å². The second-order valence-corrected chi connectivity index (χ2v) is 9.66. The van der Waals surface area contributed by atoms with Crippen LogP contribution in [0.1, 0.15) is 17.2 Å². The SMILES string of the molecule is Cn1cc2c3c(cn(CCF)c3c1=O)C(C(=O)O)Nc1ccc(CS(C)(=O)=O)cc1-2. The van der Waals surface area contributed by atoms with Gasteiger partial charge in [0.15, 0.2) is 15.9 Å². The lowest BCUT2D eigenvalue weighted by atomic mass is 9.98. The number of aromatic nitrogens is 2. The summed E-state index contributed by atoms with van der Waals surface area (Å²) in [7, 11) is -1.72. The van der Waals surface area contributed by atoms with Gasteiger partial charge in [-0.2, -0.15) is 0 Å². The van der Waals surface area contributed by atoms with Crippen molar-refractivity contribution in [3.63, 3.8) is 0 Å². The number of aryl methyl sites for hydroxylation is 2. The highest BCUT2D eigenvalue weighted by Crippen LogP contribution is 2.42. The predicted molar refractivity (Wildman–Crippen MR) is 111 cm³/mol. The Kier molecular flexibility index (Phi) is 4.69. The molecule has 4 rings (SSSR count). The Bertz CT molecular complexity index is 1360. The van der Waals surface area contributed by atoms with E-state index in [4.69, 9.17) is 0 Å². The zero-order valence-corrected chi connectivity index (χ0v) is 17.2. The number of carboxylic acids is 1. The molecule has 158 valence electrons. The maximum absolute atomic E-state index is 13.1. The van der Waals surface area contributed by atoms with Crippen LogP contribution in [0.3, 0.4) is 0 Å². The average Bonchev–Trinajstić information content (AvgIpc) is 2.95. The third-order valence-corrected chi connectivity index (χ3v) is 6.07. The molecule has 0 fully saturated rings. The normalized spacial score (nSPS) is 15.5. The first kappa shape index (κ1) is 20.1. The van der Waals surface area contributed by atoms with Crippen molar-refractivity contribution in [1.82, 2.24) is 9.13 Å². The standard InChI is InChI=1S/C20H20FN3O5S/c1-23-8-13-12-7-11(10-30(2,28)29)3-4-15(12)22-17(20(26)27)14-9-24(6-5-21)18(16(13)14)19(23)25/h3-4,7-9,17,22H,5-6,10H2,1-2H3,(H,26,27). The number of hydrogen-bond donors (Lipinski definition) is 2. The first-order valence-corrected chi connectivity index (χ1v) is 11.3. The molecule has 2 N–H and O–H groups in total. The second kappa shape index (κ2) is 6.98. The van der Waals surface area contributed by atoms with Gasteiger partial charge in [0, 0.05) is 53.5 Å². The van der Waals surface area contributed by atoms with Crippen LogP contribution in [0.15, 0.2) is 35.4 Å². The minimum absolute atomic E-state index is 0.0808. The lowest BCUT2D eigenvalue weighted by molar-refractivity contribution is -0.138. The van der Waals surface area contributed by atoms with Crippen LogP contribution in [0.4, 0.5) is 10.1 Å². The van der Waals surface area contributed by atoms with Crippen molar-refractivity contribution in [3.05, 3.63) is 52.1 Å². The van der Waals surface area contributed by atoms with E-state index in [2.05, 4.69) is 5.32 Å². The van der Waals surface area contributed by atoms with Crippen LogP contribution < -0.4 is 10.9 Å². The molecule has 1 unspecified atom stereocenters. The molecule has 10 heteroatoms. The van der Waals surface area contributed by atoms with E-state index >= 15 is 0 Å². The van der Waals surface area contributed by atoms with Crippen LogP contribution in [-0.4, -0.2) is 41.6 Å². The number of anilines is 1. The van der Waals surface area contributed by atoms with Crippen molar-refractivity contribution in [1.29, 1.82) is 0 Å². The molecular formula is C20H20FN3O5S. The van der Waals surface area contributed by atoms with E-state index in [1.165, 1.54) is 15.3 Å². The Morgan fingerprint density at radius 3 is 2.63 bits per heavy atom. The molecule has 30 heavy (non-hydrogen) atoms. The molecule has 0 aliphatic carbocycles. The lowest BCUT2D eigenvalue weighted by Gasteiger charge is -2.16. The molecule has 3 heterocycles. The molecule has 0 saturated carbocycles. The zero-order valence-electron chi connectivity index (χ0n) is 16.3. The number of alkyl halides is 1. The van der Waals surface area contributed by atoms with Gasteiger partial charge in [-0.05, 0) is 17.7 Å². The van der Waals surface area contributed by atoms with Gasteiger partial charge in [-0.3, -0.25) is 4.79 Å². The van der Waals surface area contributed by atoms with Crippen LogP contribution in [0.25, 0.3) is 22.0 Å². The van der Waals surface area contributed by atoms with Crippen molar-refractivity contribution in [2.45, 2.75) is 18.3 Å². The van der Waals surface area contributed by atoms with E-state index in [1.807, 2.05) is 0 Å². The Hall–Kier alpha value is -3.14. The molecule has 0 amide bonds. The molecule has 0 saturated heterocycles. The van der Waals surface area contributed by atoms with E-state index in [9.17, 15) is 27.5 Å². The summed E-state index contributed by atoms with van der Waals surface area (Å²) in [5.74, 6) is -1.32. The molecule has 0 spiro atoms. The lowest BCUT2D eigenvalue weighted by Crippen LogP contribution is -2.19. The number of nitrogens with one attached hydrogen (secondary N) is 1. The third-order valence-electron chi connectivity index (χ3n) is 5.21. The number of carboxylic acid groups (broad SMARTS) is 1. The monoisotopic (exact) mass is 433 g/mol. The van der Waals surface area contributed by atoms with Crippen LogP contribution >= 0.6 is 0 Å². The average molecular weight is 433 g/mol. The van der Waals surface area contributed by atoms with Crippen molar-refractivity contribution in [2.24, 2.45) is 7.05 Å². The number of hydrogen-bond acceptors (Lipinski definition) is 5. The van der Waals surface area contributed by atoms with Crippen LogP contribution in [0, 0.1) is 0 Å². The molecule has 8 nitrogen and oxygen atoms in total. The summed E-state index contributed by atoms with van der Waals surface area (Å²) in [6, 6.07) is 3.80. The summed E-state index contributed by atoms with van der Waals surface area (Å²) in [5.41, 5.74) is 2.43. The highest BCUT2D eigenvalue weighted by molar-refractivity contribution is 7.89. The van der Waals surface area contributed by atoms with Gasteiger partial charge in [-0.15, -0.1) is 0 Å². The van der Waals surface area contributed by atoms with Crippen LogP contribution in [0.5, 0.6) is 0 Å². The summed E-state index contributed by atoms with van der Waals surface area (Å²) < 4.78 is 39.5. The molecule has 1 aliphatic rings. The number of benzene rings is 1. The maximum Gasteiger partial charge on any atom is 0.330 e. The van der Waals surface area contributed by atoms with Gasteiger partial charge in [-0.1, -0.05) is 6.07 Å². The van der Waals surface area contributed by atoms with Gasteiger partial charge in [-0.25, -0.2) is 17.6 Å². The Balaban J connectivity index is 2.11. The molecule has 1 aromatic carbocycles. The molecule has 0 radical (unpaired) electrons. The number of aliphatic carboxylic acids is 1. The first-order chi connectivity index (χ1) is 14.1. The van der Waals surface area contributed by atoms with E-state index in [0.29, 0.717) is 33.3 Å². The van der Waals surface area contributed by atoms with Gasteiger partial charge in [0.2, 0.25) is 0 Å². The Morgan fingerprint density at radius 1 is 1.27 bits per heavy atom. The molecular weight excluding hydrogens is 413 g/mol. The first-order valence-electron chi connectivity index (χ1n) is 9.19. The highest BCUT2D eigenvalue weighted by Gasteiger charge is 2.31. The number of nitrogens with zero attached hydrogens (tertiary/aromatic N) is 2. The Labute approximate surface area is 171 Å². The number of fused-ring (bicyclic) bond motifs is 2. The summed E-state index contributed by atoms with van der Waals surface area (Å²) in [6.45, 7) is -0.792. The van der Waals surface area contributed by atoms with Gasteiger partial charge in [0.1, 0.15) is 12.2 Å². The largest absolute Gasteiger partial charge is 0.479 e. The number of sulfone groups is 1. The summed E-state index contributed by atoms with van der Waals surface area (Å²) in [4.78, 5) is 24.9. The van der Waals surface area contributed by atoms with E-state index in [1.54, 1.807) is 31.4 Å². The quantitative estimate of drug-likeness (QED) is 0.637. The van der Waals surface area contributed by atoms with Gasteiger partial charge >= 0.3 is 5.97 Å². The Morgan fingerprint density at radius 2 is 2.00 bits per heavy atom. The van der Waals surface area contributed by atoms with Crippen LogP contribution in [0.2, 0.25) is 0 Å². The fourth-order valence-corrected chi connectivity index (χ4v) is 4.81. The smallest absolute Gasteiger partial charge is 0.330 e. The minimum Gasteiger partial charge on any atom is -0.479 e. The van der Waals surface area contributed by atoms with E-state index in [0.717, 1.165) is 6.26 Å². The van der Waals surface area contributed by atoms with Crippen molar-refractivity contribution < 1.29 is 22.7 Å². The fraction of sp³-hybridized carbons (Fsp3) is 0.300. The molecule has 0 bridgehead atoms. The van der Waals surface area contributed by atoms with Gasteiger partial charge in [0.25, 0.3) is 5.56 Å².